The van der Waals surface area contributed by atoms with Crippen LogP contribution >= 0.6 is 0 Å². The van der Waals surface area contributed by atoms with Crippen molar-refractivity contribution in [2.45, 2.75) is 31.6 Å². The molecular weight excluding hydrogens is 336 g/mol. The number of sulfonamides is 1. The standard InChI is InChI=1S/C18H20N4O2S/c1-3-4-15-5-8-17(9-6-15)25(23,24)21-16-7-10-18(20-13-16)22-12-11-19-14(22)2/h5-13,21H,3-4H2,1-2H3. The molecule has 0 radical (unpaired) electrons. The van der Waals surface area contributed by atoms with Gasteiger partial charge in [-0.15, -0.1) is 0 Å². The van der Waals surface area contributed by atoms with Crippen molar-refractivity contribution in [3.63, 3.8) is 0 Å². The zero-order valence-corrected chi connectivity index (χ0v) is 15.0. The summed E-state index contributed by atoms with van der Waals surface area (Å²) in [5.41, 5.74) is 1.54. The zero-order chi connectivity index (χ0) is 17.9. The van der Waals surface area contributed by atoms with Crippen molar-refractivity contribution in [3.05, 3.63) is 66.4 Å². The Kier molecular flexibility index (Phi) is 4.85. The number of aryl methyl sites for hydroxylation is 2. The van der Waals surface area contributed by atoms with E-state index in [0.717, 1.165) is 24.2 Å². The smallest absolute Gasteiger partial charge is 0.261 e. The molecule has 0 saturated heterocycles. The second kappa shape index (κ2) is 7.06. The van der Waals surface area contributed by atoms with Crippen molar-refractivity contribution in [2.75, 3.05) is 4.72 Å². The fraction of sp³-hybridized carbons (Fsp3) is 0.222. The van der Waals surface area contributed by atoms with Crippen molar-refractivity contribution in [1.82, 2.24) is 14.5 Å². The number of imidazole rings is 1. The highest BCUT2D eigenvalue weighted by molar-refractivity contribution is 7.92. The minimum atomic E-state index is -3.63. The summed E-state index contributed by atoms with van der Waals surface area (Å²) < 4.78 is 29.4. The minimum absolute atomic E-state index is 0.238. The van der Waals surface area contributed by atoms with Crippen molar-refractivity contribution < 1.29 is 8.42 Å². The van der Waals surface area contributed by atoms with Crippen LogP contribution in [0.3, 0.4) is 0 Å². The van der Waals surface area contributed by atoms with E-state index in [9.17, 15) is 8.42 Å². The van der Waals surface area contributed by atoms with Gasteiger partial charge in [-0.25, -0.2) is 18.4 Å². The van der Waals surface area contributed by atoms with Crippen LogP contribution in [0.5, 0.6) is 0 Å². The molecule has 3 rings (SSSR count). The Morgan fingerprint density at radius 3 is 2.40 bits per heavy atom. The van der Waals surface area contributed by atoms with Crippen molar-refractivity contribution in [1.29, 1.82) is 0 Å². The first kappa shape index (κ1) is 17.2. The highest BCUT2D eigenvalue weighted by atomic mass is 32.2. The molecule has 0 aliphatic rings. The predicted octanol–water partition coefficient (Wildman–Crippen LogP) is 3.33. The van der Waals surface area contributed by atoms with Gasteiger partial charge in [-0.2, -0.15) is 0 Å². The average Bonchev–Trinajstić information content (AvgIpc) is 3.02. The van der Waals surface area contributed by atoms with Gasteiger partial charge in [0.1, 0.15) is 11.6 Å². The fourth-order valence-electron chi connectivity index (χ4n) is 2.55. The number of anilines is 1. The highest BCUT2D eigenvalue weighted by Gasteiger charge is 2.14. The van der Waals surface area contributed by atoms with Gasteiger partial charge < -0.3 is 0 Å². The van der Waals surface area contributed by atoms with Crippen LogP contribution in [-0.2, 0) is 16.4 Å². The number of nitrogens with one attached hydrogen (secondary N) is 1. The lowest BCUT2D eigenvalue weighted by Gasteiger charge is -2.10. The molecule has 3 aromatic rings. The predicted molar refractivity (Wildman–Crippen MR) is 97.3 cm³/mol. The van der Waals surface area contributed by atoms with Gasteiger partial charge in [-0.05, 0) is 43.2 Å². The Bertz CT molecular complexity index is 946. The Hall–Kier alpha value is -2.67. The Labute approximate surface area is 147 Å². The molecule has 0 fully saturated rings. The van der Waals surface area contributed by atoms with E-state index in [1.807, 2.05) is 23.6 Å². The molecule has 0 saturated carbocycles. The van der Waals surface area contributed by atoms with Crippen LogP contribution < -0.4 is 4.72 Å². The summed E-state index contributed by atoms with van der Waals surface area (Å²) in [6, 6.07) is 10.4. The molecule has 0 aliphatic heterocycles. The molecule has 2 aromatic heterocycles. The average molecular weight is 356 g/mol. The molecule has 0 bridgehead atoms. The van der Waals surface area contributed by atoms with Crippen molar-refractivity contribution in [3.8, 4) is 5.82 Å². The second-order valence-corrected chi connectivity index (χ2v) is 7.43. The number of hydrogen-bond acceptors (Lipinski definition) is 4. The number of pyridine rings is 1. The maximum Gasteiger partial charge on any atom is 0.261 e. The zero-order valence-electron chi connectivity index (χ0n) is 14.2. The number of rotatable bonds is 6. The molecule has 0 unspecified atom stereocenters. The lowest BCUT2D eigenvalue weighted by molar-refractivity contribution is 0.601. The van der Waals surface area contributed by atoms with Gasteiger partial charge in [-0.1, -0.05) is 25.5 Å². The normalized spacial score (nSPS) is 11.4. The third-order valence-corrected chi connectivity index (χ3v) is 5.24. The van der Waals surface area contributed by atoms with Gasteiger partial charge in [-0.3, -0.25) is 9.29 Å². The lowest BCUT2D eigenvalue weighted by atomic mass is 10.1. The summed E-state index contributed by atoms with van der Waals surface area (Å²) in [5.74, 6) is 1.50. The molecule has 6 nitrogen and oxygen atoms in total. The highest BCUT2D eigenvalue weighted by Crippen LogP contribution is 2.18. The molecule has 7 heteroatoms. The Morgan fingerprint density at radius 1 is 1.08 bits per heavy atom. The Balaban J connectivity index is 1.77. The molecule has 0 spiro atoms. The molecule has 130 valence electrons. The summed E-state index contributed by atoms with van der Waals surface area (Å²) in [6.07, 6.45) is 6.96. The van der Waals surface area contributed by atoms with E-state index < -0.39 is 10.0 Å². The summed E-state index contributed by atoms with van der Waals surface area (Å²) >= 11 is 0. The molecule has 2 heterocycles. The number of hydrogen-bond donors (Lipinski definition) is 1. The topological polar surface area (TPSA) is 76.9 Å². The Morgan fingerprint density at radius 2 is 1.84 bits per heavy atom. The molecule has 0 atom stereocenters. The van der Waals surface area contributed by atoms with Gasteiger partial charge >= 0.3 is 0 Å². The quantitative estimate of drug-likeness (QED) is 0.735. The largest absolute Gasteiger partial charge is 0.288 e. The molecular formula is C18H20N4O2S. The van der Waals surface area contributed by atoms with E-state index >= 15 is 0 Å². The first-order chi connectivity index (χ1) is 12.0. The first-order valence-corrected chi connectivity index (χ1v) is 9.56. The molecule has 25 heavy (non-hydrogen) atoms. The van der Waals surface area contributed by atoms with Crippen molar-refractivity contribution >= 4 is 15.7 Å². The van der Waals surface area contributed by atoms with E-state index in [4.69, 9.17) is 0 Å². The van der Waals surface area contributed by atoms with Crippen LogP contribution in [0.15, 0.2) is 59.9 Å². The van der Waals surface area contributed by atoms with Crippen LogP contribution in [-0.4, -0.2) is 23.0 Å². The van der Waals surface area contributed by atoms with Gasteiger partial charge in [0, 0.05) is 12.4 Å². The van der Waals surface area contributed by atoms with Gasteiger partial charge in [0.05, 0.1) is 16.8 Å². The van der Waals surface area contributed by atoms with E-state index in [1.54, 1.807) is 36.7 Å². The van der Waals surface area contributed by atoms with E-state index in [0.29, 0.717) is 11.5 Å². The third kappa shape index (κ3) is 3.88. The van der Waals surface area contributed by atoms with E-state index in [2.05, 4.69) is 21.6 Å². The summed E-state index contributed by atoms with van der Waals surface area (Å²) in [4.78, 5) is 8.68. The molecule has 0 aliphatic carbocycles. The minimum Gasteiger partial charge on any atom is -0.288 e. The van der Waals surface area contributed by atoms with E-state index in [-0.39, 0.29) is 4.90 Å². The fourth-order valence-corrected chi connectivity index (χ4v) is 3.59. The van der Waals surface area contributed by atoms with Crippen molar-refractivity contribution in [2.24, 2.45) is 0 Å². The molecule has 0 amide bonds. The van der Waals surface area contributed by atoms with Crippen LogP contribution in [0.2, 0.25) is 0 Å². The van der Waals surface area contributed by atoms with E-state index in [1.165, 1.54) is 6.20 Å². The second-order valence-electron chi connectivity index (χ2n) is 5.75. The van der Waals surface area contributed by atoms with Gasteiger partial charge in [0.2, 0.25) is 0 Å². The third-order valence-electron chi connectivity index (χ3n) is 3.84. The molecule has 1 N–H and O–H groups in total. The monoisotopic (exact) mass is 356 g/mol. The maximum absolute atomic E-state index is 12.5. The van der Waals surface area contributed by atoms with Gasteiger partial charge in [0.15, 0.2) is 0 Å². The summed E-state index contributed by atoms with van der Waals surface area (Å²) in [6.45, 7) is 3.97. The van der Waals surface area contributed by atoms with Gasteiger partial charge in [0.25, 0.3) is 10.0 Å². The van der Waals surface area contributed by atoms with Crippen LogP contribution in [0.4, 0.5) is 5.69 Å². The maximum atomic E-state index is 12.5. The van der Waals surface area contributed by atoms with Crippen LogP contribution in [0.25, 0.3) is 5.82 Å². The van der Waals surface area contributed by atoms with Crippen LogP contribution in [0, 0.1) is 6.92 Å². The summed E-state index contributed by atoms with van der Waals surface area (Å²) in [5, 5.41) is 0. The first-order valence-electron chi connectivity index (χ1n) is 8.08. The van der Waals surface area contributed by atoms with Crippen LogP contribution in [0.1, 0.15) is 24.7 Å². The summed E-state index contributed by atoms with van der Waals surface area (Å²) in [7, 11) is -3.63. The lowest BCUT2D eigenvalue weighted by Crippen LogP contribution is -2.13. The number of benzene rings is 1. The molecule has 1 aromatic carbocycles. The number of nitrogens with zero attached hydrogens (tertiary/aromatic N) is 3. The number of aromatic nitrogens is 3. The SMILES string of the molecule is CCCc1ccc(S(=O)(=O)Nc2ccc(-n3ccnc3C)nc2)cc1.